The zero-order valence-corrected chi connectivity index (χ0v) is 8.51. The predicted octanol–water partition coefficient (Wildman–Crippen LogP) is 0.0154. The van der Waals surface area contributed by atoms with Crippen molar-refractivity contribution in [2.24, 2.45) is 0 Å². The molecule has 2 N–H and O–H groups in total. The van der Waals surface area contributed by atoms with Gasteiger partial charge in [0.2, 0.25) is 5.91 Å². The van der Waals surface area contributed by atoms with Crippen LogP contribution in [0.15, 0.2) is 18.5 Å². The minimum absolute atomic E-state index is 0.137. The fourth-order valence-corrected chi connectivity index (χ4v) is 1.04. The lowest BCUT2D eigenvalue weighted by atomic mass is 10.3. The van der Waals surface area contributed by atoms with Crippen molar-refractivity contribution in [1.82, 2.24) is 15.1 Å². The molecule has 0 spiro atoms. The van der Waals surface area contributed by atoms with Crippen LogP contribution in [0.25, 0.3) is 0 Å². The van der Waals surface area contributed by atoms with Crippen molar-refractivity contribution in [3.63, 3.8) is 0 Å². The Morgan fingerprint density at radius 3 is 2.88 bits per heavy atom. The number of rotatable bonds is 6. The van der Waals surface area contributed by atoms with Gasteiger partial charge in [-0.2, -0.15) is 5.10 Å². The van der Waals surface area contributed by atoms with Crippen LogP contribution in [0.4, 0.5) is 8.78 Å². The molecular weight excluding hydrogens is 220 g/mol. The first kappa shape index (κ1) is 12.6. The molecule has 1 unspecified atom stereocenters. The second-order valence-electron chi connectivity index (χ2n) is 3.23. The molecule has 0 aromatic carbocycles. The summed E-state index contributed by atoms with van der Waals surface area (Å²) >= 11 is 0. The largest absolute Gasteiger partial charge is 0.385 e. The van der Waals surface area contributed by atoms with Crippen LogP contribution in [-0.4, -0.2) is 39.9 Å². The van der Waals surface area contributed by atoms with E-state index in [0.29, 0.717) is 6.54 Å². The van der Waals surface area contributed by atoms with E-state index < -0.39 is 25.0 Å². The summed E-state index contributed by atoms with van der Waals surface area (Å²) in [6.07, 6.45) is -1.24. The van der Waals surface area contributed by atoms with Gasteiger partial charge < -0.3 is 10.4 Å². The Hall–Kier alpha value is -1.50. The van der Waals surface area contributed by atoms with Crippen LogP contribution in [0.3, 0.4) is 0 Å². The number of hydrogen-bond acceptors (Lipinski definition) is 3. The monoisotopic (exact) mass is 233 g/mol. The maximum Gasteiger partial charge on any atom is 0.265 e. The van der Waals surface area contributed by atoms with Crippen LogP contribution in [0.1, 0.15) is 6.42 Å². The zero-order chi connectivity index (χ0) is 12.0. The molecule has 0 aliphatic heterocycles. The van der Waals surface area contributed by atoms with Crippen molar-refractivity contribution < 1.29 is 18.7 Å². The summed E-state index contributed by atoms with van der Waals surface area (Å²) in [5, 5.41) is 14.8. The lowest BCUT2D eigenvalue weighted by Gasteiger charge is -2.10. The number of hydrogen-bond donors (Lipinski definition) is 2. The van der Waals surface area contributed by atoms with E-state index in [9.17, 15) is 13.6 Å². The number of aryl methyl sites for hydroxylation is 1. The second-order valence-corrected chi connectivity index (χ2v) is 3.23. The number of nitrogens with one attached hydrogen (secondary N) is 1. The molecule has 1 atom stereocenters. The molecule has 90 valence electrons. The molecule has 1 heterocycles. The summed E-state index contributed by atoms with van der Waals surface area (Å²) in [4.78, 5) is 11.2. The predicted molar refractivity (Wildman–Crippen MR) is 51.9 cm³/mol. The summed E-state index contributed by atoms with van der Waals surface area (Å²) in [7, 11) is 0. The topological polar surface area (TPSA) is 67.2 Å². The average molecular weight is 233 g/mol. The van der Waals surface area contributed by atoms with Gasteiger partial charge in [0, 0.05) is 31.9 Å². The molecule has 0 aliphatic carbocycles. The fourth-order valence-electron chi connectivity index (χ4n) is 1.04. The molecule has 7 heteroatoms. The van der Waals surface area contributed by atoms with Crippen molar-refractivity contribution >= 4 is 5.91 Å². The molecule has 0 aliphatic rings. The number of halogens is 2. The van der Waals surface area contributed by atoms with Gasteiger partial charge in [-0.1, -0.05) is 0 Å². The number of carbonyl (C=O) groups is 1. The Bertz CT molecular complexity index is 317. The quantitative estimate of drug-likeness (QED) is 0.727. The Labute approximate surface area is 91.1 Å². The number of aliphatic hydroxyl groups excluding tert-OH is 1. The molecule has 0 saturated heterocycles. The highest BCUT2D eigenvalue weighted by molar-refractivity contribution is 5.75. The molecular formula is C9H13F2N3O2. The van der Waals surface area contributed by atoms with Crippen LogP contribution in [0, 0.1) is 0 Å². The van der Waals surface area contributed by atoms with Crippen molar-refractivity contribution in [2.75, 3.05) is 6.54 Å². The van der Waals surface area contributed by atoms with Gasteiger partial charge in [0.15, 0.2) is 0 Å². The Morgan fingerprint density at radius 1 is 1.56 bits per heavy atom. The van der Waals surface area contributed by atoms with Crippen molar-refractivity contribution in [3.05, 3.63) is 18.5 Å². The average Bonchev–Trinajstić information content (AvgIpc) is 2.75. The lowest BCUT2D eigenvalue weighted by molar-refractivity contribution is -0.122. The van der Waals surface area contributed by atoms with Gasteiger partial charge in [-0.3, -0.25) is 9.48 Å². The highest BCUT2D eigenvalue weighted by Gasteiger charge is 2.17. The van der Waals surface area contributed by atoms with E-state index in [1.54, 1.807) is 23.1 Å². The van der Waals surface area contributed by atoms with Gasteiger partial charge in [-0.15, -0.1) is 0 Å². The van der Waals surface area contributed by atoms with E-state index in [4.69, 9.17) is 5.11 Å². The first-order valence-corrected chi connectivity index (χ1v) is 4.80. The molecule has 0 fully saturated rings. The van der Waals surface area contributed by atoms with E-state index in [0.717, 1.165) is 0 Å². The maximum atomic E-state index is 11.9. The third-order valence-electron chi connectivity index (χ3n) is 1.93. The number of nitrogens with zero attached hydrogens (tertiary/aromatic N) is 2. The SMILES string of the molecule is O=C(CCn1cccn1)NCC(O)C(F)F. The highest BCUT2D eigenvalue weighted by Crippen LogP contribution is 1.98. The van der Waals surface area contributed by atoms with Crippen molar-refractivity contribution in [3.8, 4) is 0 Å². The maximum absolute atomic E-state index is 11.9. The number of amides is 1. The van der Waals surface area contributed by atoms with Crippen LogP contribution in [-0.2, 0) is 11.3 Å². The van der Waals surface area contributed by atoms with Gasteiger partial charge in [0.1, 0.15) is 6.10 Å². The smallest absolute Gasteiger partial charge is 0.265 e. The number of aromatic nitrogens is 2. The number of carbonyl (C=O) groups excluding carboxylic acids is 1. The molecule has 0 saturated carbocycles. The second kappa shape index (κ2) is 6.16. The van der Waals surface area contributed by atoms with E-state index in [-0.39, 0.29) is 6.42 Å². The summed E-state index contributed by atoms with van der Waals surface area (Å²) in [6.45, 7) is -0.0563. The Kier molecular flexibility index (Phi) is 4.84. The Balaban J connectivity index is 2.16. The van der Waals surface area contributed by atoms with Gasteiger partial charge >= 0.3 is 0 Å². The van der Waals surface area contributed by atoms with Crippen LogP contribution < -0.4 is 5.32 Å². The minimum Gasteiger partial charge on any atom is -0.385 e. The van der Waals surface area contributed by atoms with Crippen LogP contribution >= 0.6 is 0 Å². The van der Waals surface area contributed by atoms with E-state index >= 15 is 0 Å². The summed E-state index contributed by atoms with van der Waals surface area (Å²) in [6, 6.07) is 1.72. The molecule has 1 aromatic heterocycles. The van der Waals surface area contributed by atoms with Crippen molar-refractivity contribution in [2.45, 2.75) is 25.5 Å². The zero-order valence-electron chi connectivity index (χ0n) is 8.51. The molecule has 5 nitrogen and oxygen atoms in total. The van der Waals surface area contributed by atoms with E-state index in [1.807, 2.05) is 0 Å². The van der Waals surface area contributed by atoms with Crippen LogP contribution in [0.2, 0.25) is 0 Å². The first-order valence-electron chi connectivity index (χ1n) is 4.80. The first-order chi connectivity index (χ1) is 7.59. The summed E-state index contributed by atoms with van der Waals surface area (Å²) in [5.74, 6) is -0.393. The Morgan fingerprint density at radius 2 is 2.31 bits per heavy atom. The van der Waals surface area contributed by atoms with Crippen LogP contribution in [0.5, 0.6) is 0 Å². The normalized spacial score (nSPS) is 12.8. The third kappa shape index (κ3) is 4.35. The molecule has 16 heavy (non-hydrogen) atoms. The van der Waals surface area contributed by atoms with Crippen molar-refractivity contribution in [1.29, 1.82) is 0 Å². The molecule has 0 radical (unpaired) electrons. The van der Waals surface area contributed by atoms with Gasteiger partial charge in [-0.25, -0.2) is 8.78 Å². The van der Waals surface area contributed by atoms with Gasteiger partial charge in [0.05, 0.1) is 0 Å². The third-order valence-corrected chi connectivity index (χ3v) is 1.93. The van der Waals surface area contributed by atoms with Gasteiger partial charge in [0.25, 0.3) is 6.43 Å². The summed E-state index contributed by atoms with van der Waals surface area (Å²) < 4.78 is 25.3. The lowest BCUT2D eigenvalue weighted by Crippen LogP contribution is -2.36. The molecule has 0 bridgehead atoms. The molecule has 1 rings (SSSR count). The van der Waals surface area contributed by atoms with E-state index in [1.165, 1.54) is 0 Å². The minimum atomic E-state index is -2.84. The highest BCUT2D eigenvalue weighted by atomic mass is 19.3. The molecule has 1 aromatic rings. The standard InChI is InChI=1S/C9H13F2N3O2/c10-9(11)7(15)6-12-8(16)2-5-14-4-1-3-13-14/h1,3-4,7,9,15H,2,5-6H2,(H,12,16). The molecule has 1 amide bonds. The fraction of sp³-hybridized carbons (Fsp3) is 0.556. The van der Waals surface area contributed by atoms with E-state index in [2.05, 4.69) is 10.4 Å². The van der Waals surface area contributed by atoms with Gasteiger partial charge in [-0.05, 0) is 6.07 Å². The number of aliphatic hydroxyl groups is 1. The summed E-state index contributed by atoms with van der Waals surface area (Å²) in [5.41, 5.74) is 0. The number of alkyl halides is 2.